The van der Waals surface area contributed by atoms with Crippen LogP contribution in [0, 0.1) is 6.92 Å². The minimum Gasteiger partial charge on any atom is -0.439 e. The smallest absolute Gasteiger partial charge is 0.331 e. The van der Waals surface area contributed by atoms with Gasteiger partial charge in [-0.05, 0) is 41.6 Å². The van der Waals surface area contributed by atoms with E-state index in [0.717, 1.165) is 5.39 Å². The van der Waals surface area contributed by atoms with Gasteiger partial charge in [-0.1, -0.05) is 19.0 Å². The van der Waals surface area contributed by atoms with Crippen molar-refractivity contribution in [2.24, 2.45) is 0 Å². The highest BCUT2D eigenvalue weighted by Crippen LogP contribution is 2.27. The van der Waals surface area contributed by atoms with E-state index in [9.17, 15) is 4.79 Å². The van der Waals surface area contributed by atoms with Crippen molar-refractivity contribution in [3.63, 3.8) is 0 Å². The van der Waals surface area contributed by atoms with Crippen molar-refractivity contribution in [3.8, 4) is 17.4 Å². The Hall–Kier alpha value is -4.61. The molecule has 0 saturated carbocycles. The molecule has 0 aliphatic carbocycles. The van der Waals surface area contributed by atoms with Gasteiger partial charge < -0.3 is 9.26 Å². The van der Waals surface area contributed by atoms with Crippen LogP contribution in [0.1, 0.15) is 31.4 Å². The molecule has 0 fully saturated rings. The summed E-state index contributed by atoms with van der Waals surface area (Å²) in [4.78, 5) is 21.4. The van der Waals surface area contributed by atoms with E-state index in [-0.39, 0.29) is 11.9 Å². The van der Waals surface area contributed by atoms with Gasteiger partial charge in [0.05, 0.1) is 5.52 Å². The van der Waals surface area contributed by atoms with Gasteiger partial charge >= 0.3 is 6.03 Å². The Morgan fingerprint density at radius 3 is 2.79 bits per heavy atom. The molecular weight excluding hydrogens is 426 g/mol. The Kier molecular flexibility index (Phi) is 5.01. The first-order valence-electron chi connectivity index (χ1n) is 10.1. The molecule has 0 radical (unpaired) electrons. The molecule has 1 aromatic carbocycles. The molecule has 0 bridgehead atoms. The van der Waals surface area contributed by atoms with Crippen LogP contribution in [-0.2, 0) is 0 Å². The largest absolute Gasteiger partial charge is 0.439 e. The fourth-order valence-electron chi connectivity index (χ4n) is 3.23. The number of tetrazole rings is 1. The zero-order valence-corrected chi connectivity index (χ0v) is 18.0. The maximum absolute atomic E-state index is 12.7. The van der Waals surface area contributed by atoms with Crippen molar-refractivity contribution in [2.45, 2.75) is 26.7 Å². The van der Waals surface area contributed by atoms with Crippen LogP contribution >= 0.6 is 0 Å². The quantitative estimate of drug-likeness (QED) is 0.429. The predicted molar refractivity (Wildman–Crippen MR) is 117 cm³/mol. The normalized spacial score (nSPS) is 11.3. The molecule has 4 aromatic heterocycles. The fourth-order valence-corrected chi connectivity index (χ4v) is 3.23. The lowest BCUT2D eigenvalue weighted by atomic mass is 10.2. The number of carbonyl (C=O) groups is 1. The summed E-state index contributed by atoms with van der Waals surface area (Å²) in [5, 5.41) is 18.5. The maximum Gasteiger partial charge on any atom is 0.331 e. The zero-order valence-electron chi connectivity index (χ0n) is 18.0. The second kappa shape index (κ2) is 8.15. The Labute approximate surface area is 187 Å². The number of fused-ring (bicyclic) bond motifs is 1. The summed E-state index contributed by atoms with van der Waals surface area (Å²) in [6.45, 7) is 5.73. The first-order chi connectivity index (χ1) is 16.0. The highest BCUT2D eigenvalue weighted by atomic mass is 16.5. The molecule has 166 valence electrons. The average molecular weight is 445 g/mol. The van der Waals surface area contributed by atoms with E-state index in [2.05, 4.69) is 36.0 Å². The molecule has 0 saturated heterocycles. The minimum absolute atomic E-state index is 0.177. The van der Waals surface area contributed by atoms with Crippen LogP contribution in [0.25, 0.3) is 16.7 Å². The van der Waals surface area contributed by atoms with Gasteiger partial charge in [0, 0.05) is 29.6 Å². The highest BCUT2D eigenvalue weighted by molar-refractivity contribution is 5.98. The number of nitrogens with one attached hydrogen (secondary N) is 1. The Bertz CT molecular complexity index is 1440. The second-order valence-electron chi connectivity index (χ2n) is 7.57. The van der Waals surface area contributed by atoms with Crippen molar-refractivity contribution in [2.75, 3.05) is 5.32 Å². The number of ether oxygens (including phenoxy) is 1. The third-order valence-corrected chi connectivity index (χ3v) is 4.82. The molecule has 1 N–H and O–H groups in total. The van der Waals surface area contributed by atoms with Crippen LogP contribution in [-0.4, -0.2) is 45.9 Å². The number of rotatable bonds is 5. The van der Waals surface area contributed by atoms with Crippen molar-refractivity contribution in [1.82, 2.24) is 39.9 Å². The molecule has 5 rings (SSSR count). The Morgan fingerprint density at radius 2 is 2.03 bits per heavy atom. The van der Waals surface area contributed by atoms with E-state index in [1.165, 1.54) is 15.6 Å². The van der Waals surface area contributed by atoms with E-state index < -0.39 is 0 Å². The summed E-state index contributed by atoms with van der Waals surface area (Å²) in [5.74, 6) is 3.14. The molecule has 12 heteroatoms. The van der Waals surface area contributed by atoms with E-state index in [4.69, 9.17) is 9.26 Å². The van der Waals surface area contributed by atoms with Crippen molar-refractivity contribution >= 4 is 22.8 Å². The average Bonchev–Trinajstić information content (AvgIpc) is 3.53. The summed E-state index contributed by atoms with van der Waals surface area (Å²) in [5.41, 5.74) is 0.709. The van der Waals surface area contributed by atoms with E-state index in [1.807, 2.05) is 26.0 Å². The topological polar surface area (TPSA) is 139 Å². The van der Waals surface area contributed by atoms with Crippen LogP contribution in [0.5, 0.6) is 11.6 Å². The number of amides is 1. The number of anilines is 1. The van der Waals surface area contributed by atoms with Gasteiger partial charge in [-0.2, -0.15) is 9.67 Å². The van der Waals surface area contributed by atoms with Gasteiger partial charge in [-0.25, -0.2) is 9.78 Å². The molecular formula is C21H19N9O3. The third-order valence-electron chi connectivity index (χ3n) is 4.82. The lowest BCUT2D eigenvalue weighted by Gasteiger charge is -2.08. The van der Waals surface area contributed by atoms with Crippen LogP contribution in [0.3, 0.4) is 0 Å². The van der Waals surface area contributed by atoms with Crippen LogP contribution in [0.2, 0.25) is 0 Å². The van der Waals surface area contributed by atoms with Gasteiger partial charge in [0.25, 0.3) is 0 Å². The Morgan fingerprint density at radius 1 is 1.15 bits per heavy atom. The lowest BCUT2D eigenvalue weighted by molar-refractivity contribution is 0.254. The predicted octanol–water partition coefficient (Wildman–Crippen LogP) is 3.70. The van der Waals surface area contributed by atoms with Crippen LogP contribution in [0.15, 0.2) is 53.4 Å². The minimum atomic E-state index is -0.347. The molecule has 0 spiro atoms. The highest BCUT2D eigenvalue weighted by Gasteiger charge is 2.14. The SMILES string of the molecule is Cc1nc(Oc2ccc3c(ccn3C(=O)Nc3cc(C(C)C)on3)c2)cc(-n2cnnn2)n1. The number of aromatic nitrogens is 8. The number of hydrogen-bond donors (Lipinski definition) is 1. The van der Waals surface area contributed by atoms with Crippen molar-refractivity contribution < 1.29 is 14.1 Å². The van der Waals surface area contributed by atoms with Crippen molar-refractivity contribution in [1.29, 1.82) is 0 Å². The molecule has 33 heavy (non-hydrogen) atoms. The molecule has 12 nitrogen and oxygen atoms in total. The standard InChI is InChI=1S/C21H19N9O3/c1-12(2)17-9-18(26-33-17)25-21(31)29-7-6-14-8-15(4-5-16(14)29)32-20-10-19(23-13(3)24-20)30-11-22-27-28-30/h4-12H,1-3H3,(H,25,26,31). The summed E-state index contributed by atoms with van der Waals surface area (Å²) in [7, 11) is 0. The monoisotopic (exact) mass is 445 g/mol. The van der Waals surface area contributed by atoms with E-state index >= 15 is 0 Å². The lowest BCUT2D eigenvalue weighted by Crippen LogP contribution is -2.18. The van der Waals surface area contributed by atoms with Gasteiger partial charge in [-0.3, -0.25) is 9.88 Å². The molecule has 4 heterocycles. The molecule has 1 amide bonds. The maximum atomic E-state index is 12.7. The van der Waals surface area contributed by atoms with E-state index in [0.29, 0.717) is 40.4 Å². The van der Waals surface area contributed by atoms with E-state index in [1.54, 1.807) is 37.4 Å². The summed E-state index contributed by atoms with van der Waals surface area (Å²) in [6, 6.07) is 10.2. The number of aryl methyl sites for hydroxylation is 1. The molecule has 0 atom stereocenters. The summed E-state index contributed by atoms with van der Waals surface area (Å²) >= 11 is 0. The van der Waals surface area contributed by atoms with Gasteiger partial charge in [0.1, 0.15) is 23.7 Å². The zero-order chi connectivity index (χ0) is 22.9. The van der Waals surface area contributed by atoms with Gasteiger partial charge in [-0.15, -0.1) is 5.10 Å². The third kappa shape index (κ3) is 4.13. The van der Waals surface area contributed by atoms with Gasteiger partial charge in [0.15, 0.2) is 11.6 Å². The first kappa shape index (κ1) is 20.3. The summed E-state index contributed by atoms with van der Waals surface area (Å²) in [6.07, 6.45) is 3.12. The number of hydrogen-bond acceptors (Lipinski definition) is 9. The molecule has 0 aliphatic heterocycles. The summed E-state index contributed by atoms with van der Waals surface area (Å²) < 4.78 is 14.1. The van der Waals surface area contributed by atoms with Crippen molar-refractivity contribution in [3.05, 3.63) is 60.5 Å². The van der Waals surface area contributed by atoms with Crippen LogP contribution in [0.4, 0.5) is 10.6 Å². The first-order valence-corrected chi connectivity index (χ1v) is 10.1. The molecule has 5 aromatic rings. The fraction of sp³-hybridized carbons (Fsp3) is 0.190. The van der Waals surface area contributed by atoms with Crippen LogP contribution < -0.4 is 10.1 Å². The van der Waals surface area contributed by atoms with Gasteiger partial charge in [0.2, 0.25) is 5.88 Å². The number of nitrogens with zero attached hydrogens (tertiary/aromatic N) is 8. The number of benzene rings is 1. The number of carbonyl (C=O) groups excluding carboxylic acids is 1. The molecule has 0 aliphatic rings. The molecule has 0 unspecified atom stereocenters. The Balaban J connectivity index is 1.36. The second-order valence-corrected chi connectivity index (χ2v) is 7.57.